The van der Waals surface area contributed by atoms with E-state index in [2.05, 4.69) is 45.8 Å². The van der Waals surface area contributed by atoms with Crippen molar-refractivity contribution in [3.8, 4) is 0 Å². The fraction of sp³-hybridized carbons (Fsp3) is 0.500. The van der Waals surface area contributed by atoms with Gasteiger partial charge in [0.15, 0.2) is 8.32 Å². The molecule has 1 aromatic rings. The van der Waals surface area contributed by atoms with Gasteiger partial charge in [0.05, 0.1) is 19.3 Å². The number of carbonyl (C=O) groups excluding carboxylic acids is 1. The van der Waals surface area contributed by atoms with Gasteiger partial charge < -0.3 is 14.5 Å². The molecule has 0 fully saturated rings. The molecule has 0 radical (unpaired) electrons. The minimum absolute atomic E-state index is 0.0665. The smallest absolute Gasteiger partial charge is 0.407 e. The molecule has 1 N–H and O–H groups in total. The third-order valence-corrected chi connectivity index (χ3v) is 8.86. The quantitative estimate of drug-likeness (QED) is 0.607. The molecule has 1 rings (SSSR count). The molecule has 2 atom stereocenters. The van der Waals surface area contributed by atoms with Crippen LogP contribution < -0.4 is 5.32 Å². The van der Waals surface area contributed by atoms with Gasteiger partial charge in [-0.05, 0) is 23.7 Å². The first-order valence-corrected chi connectivity index (χ1v) is 10.7. The van der Waals surface area contributed by atoms with Crippen LogP contribution in [-0.4, -0.2) is 27.6 Å². The van der Waals surface area contributed by atoms with Crippen LogP contribution in [0.3, 0.4) is 0 Å². The van der Waals surface area contributed by atoms with Gasteiger partial charge in [0.25, 0.3) is 0 Å². The van der Waals surface area contributed by atoms with Crippen LogP contribution in [0.4, 0.5) is 4.79 Å². The van der Waals surface area contributed by atoms with Gasteiger partial charge in [-0.3, -0.25) is 0 Å². The Morgan fingerprint density at radius 1 is 1.26 bits per heavy atom. The van der Waals surface area contributed by atoms with Crippen molar-refractivity contribution in [1.29, 1.82) is 0 Å². The van der Waals surface area contributed by atoms with Crippen LogP contribution in [0.1, 0.15) is 32.4 Å². The zero-order valence-corrected chi connectivity index (χ0v) is 16.1. The molecule has 23 heavy (non-hydrogen) atoms. The number of alkyl carbamates (subject to hydrolysis) is 1. The standard InChI is InChI=1S/C18H29NO3Si/c1-8-15(19-17(20)21-5)16(14-12-10-9-11-13-14)22-23(6,7)18(2,3)4/h8-13,15-16H,1H2,2-7H3,(H,19,20)/t15-,16-/m0/s1. The van der Waals surface area contributed by atoms with Gasteiger partial charge in [-0.2, -0.15) is 0 Å². The SMILES string of the molecule is C=C[C@H](NC(=O)OC)[C@@H](O[Si](C)(C)C(C)(C)C)c1ccccc1. The highest BCUT2D eigenvalue weighted by Crippen LogP contribution is 2.40. The molecule has 4 nitrogen and oxygen atoms in total. The van der Waals surface area contributed by atoms with Crippen LogP contribution in [0.2, 0.25) is 18.1 Å². The van der Waals surface area contributed by atoms with E-state index in [1.165, 1.54) is 7.11 Å². The highest BCUT2D eigenvalue weighted by Gasteiger charge is 2.41. The summed E-state index contributed by atoms with van der Waals surface area (Å²) in [5.41, 5.74) is 1.01. The summed E-state index contributed by atoms with van der Waals surface area (Å²) in [5, 5.41) is 2.87. The average Bonchev–Trinajstić information content (AvgIpc) is 2.50. The second kappa shape index (κ2) is 7.79. The summed E-state index contributed by atoms with van der Waals surface area (Å²) in [6.07, 6.45) is 0.908. The molecule has 0 saturated carbocycles. The molecule has 128 valence electrons. The third kappa shape index (κ3) is 5.22. The molecule has 1 amide bonds. The second-order valence-electron chi connectivity index (χ2n) is 7.11. The van der Waals surface area contributed by atoms with Gasteiger partial charge in [0.2, 0.25) is 0 Å². The van der Waals surface area contributed by atoms with Crippen molar-refractivity contribution in [1.82, 2.24) is 5.32 Å². The number of benzene rings is 1. The summed E-state index contributed by atoms with van der Waals surface area (Å²) in [5.74, 6) is 0. The molecule has 0 aromatic heterocycles. The molecule has 0 aliphatic carbocycles. The normalized spacial score (nSPS) is 14.7. The van der Waals surface area contributed by atoms with E-state index in [-0.39, 0.29) is 17.2 Å². The minimum Gasteiger partial charge on any atom is -0.453 e. The predicted molar refractivity (Wildman–Crippen MR) is 97.0 cm³/mol. The van der Waals surface area contributed by atoms with E-state index in [1.807, 2.05) is 30.3 Å². The molecular weight excluding hydrogens is 306 g/mol. The summed E-state index contributed by atoms with van der Waals surface area (Å²) >= 11 is 0. The average molecular weight is 336 g/mol. The van der Waals surface area contributed by atoms with Crippen molar-refractivity contribution in [3.05, 3.63) is 48.6 Å². The van der Waals surface area contributed by atoms with E-state index in [0.717, 1.165) is 5.56 Å². The lowest BCUT2D eigenvalue weighted by Gasteiger charge is -2.41. The monoisotopic (exact) mass is 335 g/mol. The lowest BCUT2D eigenvalue weighted by Crippen LogP contribution is -2.47. The molecule has 0 aliphatic heterocycles. The first-order valence-electron chi connectivity index (χ1n) is 7.82. The number of methoxy groups -OCH3 is 1. The van der Waals surface area contributed by atoms with Crippen molar-refractivity contribution in [2.24, 2.45) is 0 Å². The molecule has 0 spiro atoms. The van der Waals surface area contributed by atoms with Crippen molar-refractivity contribution in [2.45, 2.75) is 51.0 Å². The Hall–Kier alpha value is -1.59. The summed E-state index contributed by atoms with van der Waals surface area (Å²) < 4.78 is 11.3. The van der Waals surface area contributed by atoms with E-state index in [9.17, 15) is 4.79 Å². The Bertz CT molecular complexity index is 523. The van der Waals surface area contributed by atoms with Gasteiger partial charge >= 0.3 is 6.09 Å². The highest BCUT2D eigenvalue weighted by molar-refractivity contribution is 6.74. The number of ether oxygens (including phenoxy) is 1. The summed E-state index contributed by atoms with van der Waals surface area (Å²) in [6, 6.07) is 9.55. The third-order valence-electron chi connectivity index (χ3n) is 4.41. The largest absolute Gasteiger partial charge is 0.453 e. The Morgan fingerprint density at radius 3 is 2.26 bits per heavy atom. The van der Waals surface area contributed by atoms with E-state index < -0.39 is 14.4 Å². The van der Waals surface area contributed by atoms with Crippen LogP contribution in [0.5, 0.6) is 0 Å². The molecule has 0 unspecified atom stereocenters. The highest BCUT2D eigenvalue weighted by atomic mass is 28.4. The second-order valence-corrected chi connectivity index (χ2v) is 11.9. The van der Waals surface area contributed by atoms with Crippen molar-refractivity contribution < 1.29 is 14.0 Å². The number of carbonyl (C=O) groups is 1. The lowest BCUT2D eigenvalue weighted by molar-refractivity contribution is 0.133. The van der Waals surface area contributed by atoms with Crippen LogP contribution in [0.25, 0.3) is 0 Å². The number of nitrogens with one attached hydrogen (secondary N) is 1. The fourth-order valence-corrected chi connectivity index (χ4v) is 3.21. The number of hydrogen-bond donors (Lipinski definition) is 1. The van der Waals surface area contributed by atoms with Crippen LogP contribution in [-0.2, 0) is 9.16 Å². The Balaban J connectivity index is 3.17. The molecule has 0 aliphatic rings. The van der Waals surface area contributed by atoms with E-state index >= 15 is 0 Å². The van der Waals surface area contributed by atoms with Gasteiger partial charge in [-0.25, -0.2) is 4.79 Å². The first-order chi connectivity index (χ1) is 10.6. The van der Waals surface area contributed by atoms with E-state index in [4.69, 9.17) is 9.16 Å². The fourth-order valence-electron chi connectivity index (χ4n) is 1.94. The van der Waals surface area contributed by atoms with Gasteiger partial charge in [-0.15, -0.1) is 6.58 Å². The molecule has 0 bridgehead atoms. The minimum atomic E-state index is -2.03. The molecular formula is C18H29NO3Si. The molecule has 0 heterocycles. The molecule has 0 saturated heterocycles. The van der Waals surface area contributed by atoms with E-state index in [1.54, 1.807) is 6.08 Å². The Kier molecular flexibility index (Phi) is 6.59. The van der Waals surface area contributed by atoms with Gasteiger partial charge in [0, 0.05) is 0 Å². The maximum atomic E-state index is 11.7. The Labute approximate surface area is 141 Å². The predicted octanol–water partition coefficient (Wildman–Crippen LogP) is 4.66. The first kappa shape index (κ1) is 19.5. The maximum absolute atomic E-state index is 11.7. The van der Waals surface area contributed by atoms with E-state index in [0.29, 0.717) is 0 Å². The van der Waals surface area contributed by atoms with Gasteiger partial charge in [-0.1, -0.05) is 57.2 Å². The van der Waals surface area contributed by atoms with Crippen molar-refractivity contribution in [3.63, 3.8) is 0 Å². The summed E-state index contributed by atoms with van der Waals surface area (Å²) in [4.78, 5) is 11.7. The topological polar surface area (TPSA) is 47.6 Å². The Morgan fingerprint density at radius 2 is 1.83 bits per heavy atom. The molecule has 1 aromatic carbocycles. The number of rotatable bonds is 6. The van der Waals surface area contributed by atoms with Crippen molar-refractivity contribution in [2.75, 3.05) is 7.11 Å². The number of amides is 1. The van der Waals surface area contributed by atoms with Crippen LogP contribution >= 0.6 is 0 Å². The van der Waals surface area contributed by atoms with Crippen LogP contribution in [0, 0.1) is 0 Å². The zero-order valence-electron chi connectivity index (χ0n) is 15.1. The summed E-state index contributed by atoms with van der Waals surface area (Å²) in [7, 11) is -0.682. The summed E-state index contributed by atoms with van der Waals surface area (Å²) in [6.45, 7) is 14.8. The number of hydrogen-bond acceptors (Lipinski definition) is 3. The zero-order chi connectivity index (χ0) is 17.7. The lowest BCUT2D eigenvalue weighted by atomic mass is 10.0. The van der Waals surface area contributed by atoms with Gasteiger partial charge in [0.1, 0.15) is 0 Å². The van der Waals surface area contributed by atoms with Crippen LogP contribution in [0.15, 0.2) is 43.0 Å². The van der Waals surface area contributed by atoms with Crippen molar-refractivity contribution >= 4 is 14.4 Å². The molecule has 5 heteroatoms. The maximum Gasteiger partial charge on any atom is 0.407 e.